The van der Waals surface area contributed by atoms with E-state index in [1.807, 2.05) is 0 Å². The first-order valence-corrected chi connectivity index (χ1v) is 9.74. The van der Waals surface area contributed by atoms with Crippen molar-refractivity contribution in [2.24, 2.45) is 0 Å². The summed E-state index contributed by atoms with van der Waals surface area (Å²) in [5.41, 5.74) is 1.37. The molecule has 1 aromatic heterocycles. The van der Waals surface area contributed by atoms with E-state index in [-0.39, 0.29) is 23.2 Å². The summed E-state index contributed by atoms with van der Waals surface area (Å²) >= 11 is 1.14. The van der Waals surface area contributed by atoms with Crippen molar-refractivity contribution in [3.63, 3.8) is 0 Å². The smallest absolute Gasteiger partial charge is 0.338 e. The molecular weight excluding hydrogens is 366 g/mol. The maximum absolute atomic E-state index is 12.0. The summed E-state index contributed by atoms with van der Waals surface area (Å²) in [6, 6.07) is 7.92. The number of aryl methyl sites for hydroxylation is 1. The number of carbonyl (C=O) groups is 2. The van der Waals surface area contributed by atoms with Gasteiger partial charge in [0, 0.05) is 17.4 Å². The topological polar surface area (TPSA) is 101 Å². The van der Waals surface area contributed by atoms with Gasteiger partial charge < -0.3 is 15.0 Å². The molecule has 1 aromatic carbocycles. The van der Waals surface area contributed by atoms with E-state index < -0.39 is 0 Å². The van der Waals surface area contributed by atoms with Crippen LogP contribution in [0.4, 0.5) is 5.69 Å². The van der Waals surface area contributed by atoms with Crippen LogP contribution in [0.15, 0.2) is 40.3 Å². The lowest BCUT2D eigenvalue weighted by Crippen LogP contribution is -2.15. The highest BCUT2D eigenvalue weighted by molar-refractivity contribution is 7.99. The van der Waals surface area contributed by atoms with Crippen LogP contribution in [0.1, 0.15) is 42.2 Å². The number of unbranched alkanes of at least 4 members (excludes halogenated alkanes) is 2. The molecule has 7 nitrogen and oxygen atoms in total. The molecule has 0 aliphatic heterocycles. The molecule has 0 spiro atoms. The zero-order valence-corrected chi connectivity index (χ0v) is 16.2. The van der Waals surface area contributed by atoms with Gasteiger partial charge in [0.25, 0.3) is 5.56 Å². The average Bonchev–Trinajstić information content (AvgIpc) is 2.63. The molecule has 0 saturated carbocycles. The molecule has 8 heteroatoms. The van der Waals surface area contributed by atoms with Gasteiger partial charge in [-0.05, 0) is 37.6 Å². The first-order valence-electron chi connectivity index (χ1n) is 8.75. The van der Waals surface area contributed by atoms with Crippen LogP contribution in [0.3, 0.4) is 0 Å². The normalized spacial score (nSPS) is 10.4. The summed E-state index contributed by atoms with van der Waals surface area (Å²) < 4.78 is 5.19. The van der Waals surface area contributed by atoms with Gasteiger partial charge in [-0.1, -0.05) is 31.5 Å². The number of thioether (sulfide) groups is 1. The number of hydrogen-bond donors (Lipinski definition) is 2. The SMILES string of the molecule is CCCCCOC(=O)c1ccc(NC(=O)CSc2nc(C)cc(=O)[nH]2)cc1. The first kappa shape index (κ1) is 20.7. The minimum absolute atomic E-state index is 0.105. The van der Waals surface area contributed by atoms with Gasteiger partial charge in [-0.15, -0.1) is 0 Å². The highest BCUT2D eigenvalue weighted by atomic mass is 32.2. The van der Waals surface area contributed by atoms with E-state index in [4.69, 9.17) is 4.74 Å². The van der Waals surface area contributed by atoms with Gasteiger partial charge in [-0.3, -0.25) is 9.59 Å². The molecule has 0 unspecified atom stereocenters. The maximum atomic E-state index is 12.0. The number of aromatic amines is 1. The van der Waals surface area contributed by atoms with Crippen LogP contribution in [-0.4, -0.2) is 34.2 Å². The number of amides is 1. The standard InChI is InChI=1S/C19H23N3O4S/c1-3-4-5-10-26-18(25)14-6-8-15(9-7-14)21-17(24)12-27-19-20-13(2)11-16(23)22-19/h6-9,11H,3-5,10,12H2,1-2H3,(H,21,24)(H,20,22,23). The molecule has 0 aliphatic rings. The van der Waals surface area contributed by atoms with Crippen LogP contribution in [0, 0.1) is 6.92 Å². The number of rotatable bonds is 9. The van der Waals surface area contributed by atoms with Gasteiger partial charge in [0.1, 0.15) is 0 Å². The molecule has 2 aromatic rings. The molecule has 144 valence electrons. The van der Waals surface area contributed by atoms with Gasteiger partial charge in [0.05, 0.1) is 17.9 Å². The van der Waals surface area contributed by atoms with Gasteiger partial charge >= 0.3 is 5.97 Å². The number of anilines is 1. The van der Waals surface area contributed by atoms with Crippen molar-refractivity contribution >= 4 is 29.3 Å². The van der Waals surface area contributed by atoms with Crippen LogP contribution in [0.25, 0.3) is 0 Å². The lowest BCUT2D eigenvalue weighted by Gasteiger charge is -2.07. The summed E-state index contributed by atoms with van der Waals surface area (Å²) in [5.74, 6) is -0.499. The van der Waals surface area contributed by atoms with Crippen molar-refractivity contribution in [3.05, 3.63) is 51.9 Å². The van der Waals surface area contributed by atoms with E-state index in [0.29, 0.717) is 28.7 Å². The Morgan fingerprint density at radius 3 is 2.63 bits per heavy atom. The second-order valence-electron chi connectivity index (χ2n) is 5.95. The van der Waals surface area contributed by atoms with Crippen molar-refractivity contribution in [2.45, 2.75) is 38.3 Å². The van der Waals surface area contributed by atoms with Crippen molar-refractivity contribution in [1.29, 1.82) is 0 Å². The number of H-pyrrole nitrogens is 1. The molecular formula is C19H23N3O4S. The van der Waals surface area contributed by atoms with E-state index in [2.05, 4.69) is 22.2 Å². The predicted octanol–water partition coefficient (Wildman–Crippen LogP) is 3.16. The van der Waals surface area contributed by atoms with Gasteiger partial charge in [-0.25, -0.2) is 9.78 Å². The maximum Gasteiger partial charge on any atom is 0.338 e. The fraction of sp³-hybridized carbons (Fsp3) is 0.368. The third-order valence-corrected chi connectivity index (χ3v) is 4.45. The Balaban J connectivity index is 1.82. The highest BCUT2D eigenvalue weighted by Gasteiger charge is 2.09. The van der Waals surface area contributed by atoms with Crippen molar-refractivity contribution in [3.8, 4) is 0 Å². The van der Waals surface area contributed by atoms with E-state index in [1.165, 1.54) is 6.07 Å². The highest BCUT2D eigenvalue weighted by Crippen LogP contribution is 2.14. The fourth-order valence-electron chi connectivity index (χ4n) is 2.24. The van der Waals surface area contributed by atoms with E-state index in [1.54, 1.807) is 31.2 Å². The summed E-state index contributed by atoms with van der Waals surface area (Å²) in [5, 5.41) is 3.14. The van der Waals surface area contributed by atoms with E-state index >= 15 is 0 Å². The molecule has 1 heterocycles. The average molecular weight is 389 g/mol. The van der Waals surface area contributed by atoms with Crippen LogP contribution >= 0.6 is 11.8 Å². The Bertz CT molecular complexity index is 834. The minimum atomic E-state index is -0.367. The Hall–Kier alpha value is -2.61. The molecule has 0 aliphatic carbocycles. The zero-order valence-electron chi connectivity index (χ0n) is 15.4. The van der Waals surface area contributed by atoms with Gasteiger partial charge in [0.15, 0.2) is 5.16 Å². The number of nitrogens with zero attached hydrogens (tertiary/aromatic N) is 1. The Morgan fingerprint density at radius 1 is 1.22 bits per heavy atom. The molecule has 0 bridgehead atoms. The van der Waals surface area contributed by atoms with Crippen molar-refractivity contribution in [2.75, 3.05) is 17.7 Å². The summed E-state index contributed by atoms with van der Waals surface area (Å²) in [6.07, 6.45) is 2.96. The summed E-state index contributed by atoms with van der Waals surface area (Å²) in [6.45, 7) is 4.22. The van der Waals surface area contributed by atoms with E-state index in [9.17, 15) is 14.4 Å². The van der Waals surface area contributed by atoms with Crippen LogP contribution in [0.5, 0.6) is 0 Å². The predicted molar refractivity (Wildman–Crippen MR) is 105 cm³/mol. The largest absolute Gasteiger partial charge is 0.462 e. The Labute approximate surface area is 161 Å². The third kappa shape index (κ3) is 7.26. The third-order valence-electron chi connectivity index (χ3n) is 3.57. The lowest BCUT2D eigenvalue weighted by atomic mass is 10.2. The van der Waals surface area contributed by atoms with Crippen LogP contribution < -0.4 is 10.9 Å². The van der Waals surface area contributed by atoms with Crippen molar-refractivity contribution < 1.29 is 14.3 Å². The molecule has 0 atom stereocenters. The summed E-state index contributed by atoms with van der Waals surface area (Å²) in [7, 11) is 0. The molecule has 0 fully saturated rings. The summed E-state index contributed by atoms with van der Waals surface area (Å²) in [4.78, 5) is 42.1. The molecule has 27 heavy (non-hydrogen) atoms. The minimum Gasteiger partial charge on any atom is -0.462 e. The molecule has 0 saturated heterocycles. The quantitative estimate of drug-likeness (QED) is 0.296. The first-order chi connectivity index (χ1) is 13.0. The molecule has 1 amide bonds. The van der Waals surface area contributed by atoms with Crippen LogP contribution in [-0.2, 0) is 9.53 Å². The number of carbonyl (C=O) groups excluding carboxylic acids is 2. The van der Waals surface area contributed by atoms with E-state index in [0.717, 1.165) is 31.0 Å². The van der Waals surface area contributed by atoms with Gasteiger partial charge in [0.2, 0.25) is 5.91 Å². The number of esters is 1. The second-order valence-corrected chi connectivity index (χ2v) is 6.91. The number of ether oxygens (including phenoxy) is 1. The number of hydrogen-bond acceptors (Lipinski definition) is 6. The Morgan fingerprint density at radius 2 is 1.96 bits per heavy atom. The zero-order chi connectivity index (χ0) is 19.6. The monoisotopic (exact) mass is 389 g/mol. The number of aromatic nitrogens is 2. The van der Waals surface area contributed by atoms with Gasteiger partial charge in [-0.2, -0.15) is 0 Å². The van der Waals surface area contributed by atoms with Crippen LogP contribution in [0.2, 0.25) is 0 Å². The number of nitrogens with one attached hydrogen (secondary N) is 2. The Kier molecular flexibility index (Phi) is 8.06. The van der Waals surface area contributed by atoms with Crippen molar-refractivity contribution in [1.82, 2.24) is 9.97 Å². The second kappa shape index (κ2) is 10.5. The molecule has 2 N–H and O–H groups in total. The number of benzene rings is 1. The lowest BCUT2D eigenvalue weighted by molar-refractivity contribution is -0.113. The fourth-order valence-corrected chi connectivity index (χ4v) is 2.96. The molecule has 0 radical (unpaired) electrons. The molecule has 2 rings (SSSR count).